The summed E-state index contributed by atoms with van der Waals surface area (Å²) in [6, 6.07) is 7.98. The Labute approximate surface area is 103 Å². The van der Waals surface area contributed by atoms with Crippen LogP contribution in [-0.2, 0) is 6.54 Å². The zero-order valence-corrected chi connectivity index (χ0v) is 10.7. The van der Waals surface area contributed by atoms with Gasteiger partial charge in [-0.2, -0.15) is 0 Å². The van der Waals surface area contributed by atoms with E-state index in [1.54, 1.807) is 0 Å². The molecule has 0 amide bonds. The number of hydrogen-bond acceptors (Lipinski definition) is 3. The Balaban J connectivity index is 2.14. The number of hydrogen-bond donors (Lipinski definition) is 0. The SMILES string of the molecule is CC(C)CN(C)Cc1cnc2ccccc2n1. The minimum atomic E-state index is 0.674. The van der Waals surface area contributed by atoms with Gasteiger partial charge in [-0.05, 0) is 25.1 Å². The molecule has 3 heteroatoms. The number of nitrogens with zero attached hydrogens (tertiary/aromatic N) is 3. The van der Waals surface area contributed by atoms with Crippen molar-refractivity contribution >= 4 is 11.0 Å². The molecule has 2 aromatic rings. The Hall–Kier alpha value is -1.48. The Morgan fingerprint density at radius 2 is 1.88 bits per heavy atom. The van der Waals surface area contributed by atoms with Crippen LogP contribution in [0.15, 0.2) is 30.5 Å². The largest absolute Gasteiger partial charge is 0.300 e. The smallest absolute Gasteiger partial charge is 0.0890 e. The van der Waals surface area contributed by atoms with Crippen LogP contribution < -0.4 is 0 Å². The summed E-state index contributed by atoms with van der Waals surface area (Å²) in [7, 11) is 2.12. The molecule has 3 nitrogen and oxygen atoms in total. The molecule has 2 rings (SSSR count). The lowest BCUT2D eigenvalue weighted by molar-refractivity contribution is 0.285. The van der Waals surface area contributed by atoms with Gasteiger partial charge < -0.3 is 4.90 Å². The van der Waals surface area contributed by atoms with Gasteiger partial charge in [-0.15, -0.1) is 0 Å². The van der Waals surface area contributed by atoms with Crippen molar-refractivity contribution in [2.45, 2.75) is 20.4 Å². The quantitative estimate of drug-likeness (QED) is 0.807. The van der Waals surface area contributed by atoms with Gasteiger partial charge in [-0.1, -0.05) is 26.0 Å². The van der Waals surface area contributed by atoms with Gasteiger partial charge in [0.25, 0.3) is 0 Å². The second-order valence-corrected chi connectivity index (χ2v) is 4.94. The molecular weight excluding hydrogens is 210 g/mol. The first-order valence-electron chi connectivity index (χ1n) is 6.04. The third kappa shape index (κ3) is 3.24. The molecule has 0 unspecified atom stereocenters. The fourth-order valence-electron chi connectivity index (χ4n) is 2.04. The normalized spacial score (nSPS) is 11.6. The first-order valence-corrected chi connectivity index (χ1v) is 6.04. The third-order valence-corrected chi connectivity index (χ3v) is 2.61. The maximum absolute atomic E-state index is 4.62. The van der Waals surface area contributed by atoms with Crippen molar-refractivity contribution in [3.05, 3.63) is 36.2 Å². The topological polar surface area (TPSA) is 29.0 Å². The lowest BCUT2D eigenvalue weighted by Gasteiger charge is -2.18. The average molecular weight is 229 g/mol. The molecular formula is C14H19N3. The average Bonchev–Trinajstić information content (AvgIpc) is 2.27. The van der Waals surface area contributed by atoms with Crippen LogP contribution in [0.5, 0.6) is 0 Å². The van der Waals surface area contributed by atoms with Crippen molar-refractivity contribution in [2.75, 3.05) is 13.6 Å². The Morgan fingerprint density at radius 1 is 1.18 bits per heavy atom. The zero-order chi connectivity index (χ0) is 12.3. The molecule has 1 aromatic carbocycles. The second kappa shape index (κ2) is 5.23. The van der Waals surface area contributed by atoms with Gasteiger partial charge in [0.15, 0.2) is 0 Å². The van der Waals surface area contributed by atoms with Crippen molar-refractivity contribution < 1.29 is 0 Å². The van der Waals surface area contributed by atoms with Crippen LogP contribution in [-0.4, -0.2) is 28.5 Å². The molecule has 0 saturated carbocycles. The molecule has 0 atom stereocenters. The van der Waals surface area contributed by atoms with Crippen LogP contribution in [0.2, 0.25) is 0 Å². The fourth-order valence-corrected chi connectivity index (χ4v) is 2.04. The van der Waals surface area contributed by atoms with Gasteiger partial charge in [0, 0.05) is 13.1 Å². The lowest BCUT2D eigenvalue weighted by atomic mass is 10.2. The van der Waals surface area contributed by atoms with Crippen LogP contribution >= 0.6 is 0 Å². The van der Waals surface area contributed by atoms with Gasteiger partial charge in [-0.3, -0.25) is 4.98 Å². The molecule has 0 radical (unpaired) electrons. The molecule has 0 spiro atoms. The Bertz CT molecular complexity index is 494. The van der Waals surface area contributed by atoms with Crippen molar-refractivity contribution in [1.29, 1.82) is 0 Å². The number of fused-ring (bicyclic) bond motifs is 1. The van der Waals surface area contributed by atoms with E-state index in [1.807, 2.05) is 30.5 Å². The summed E-state index contributed by atoms with van der Waals surface area (Å²) in [6.07, 6.45) is 1.87. The number of benzene rings is 1. The van der Waals surface area contributed by atoms with Crippen molar-refractivity contribution in [2.24, 2.45) is 5.92 Å². The minimum Gasteiger partial charge on any atom is -0.300 e. The minimum absolute atomic E-state index is 0.674. The first kappa shape index (κ1) is 12.0. The molecule has 0 bridgehead atoms. The summed E-state index contributed by atoms with van der Waals surface area (Å²) in [6.45, 7) is 6.38. The fraction of sp³-hybridized carbons (Fsp3) is 0.429. The molecule has 0 aliphatic rings. The van der Waals surface area contributed by atoms with E-state index in [2.05, 4.69) is 35.8 Å². The predicted molar refractivity (Wildman–Crippen MR) is 70.7 cm³/mol. The first-order chi connectivity index (χ1) is 8.15. The summed E-state index contributed by atoms with van der Waals surface area (Å²) >= 11 is 0. The lowest BCUT2D eigenvalue weighted by Crippen LogP contribution is -2.23. The highest BCUT2D eigenvalue weighted by Gasteiger charge is 2.05. The van der Waals surface area contributed by atoms with Gasteiger partial charge >= 0.3 is 0 Å². The van der Waals surface area contributed by atoms with Gasteiger partial charge in [0.05, 0.1) is 22.9 Å². The van der Waals surface area contributed by atoms with Gasteiger partial charge in [-0.25, -0.2) is 4.98 Å². The molecule has 0 aliphatic carbocycles. The third-order valence-electron chi connectivity index (χ3n) is 2.61. The van der Waals surface area contributed by atoms with Gasteiger partial charge in [0.2, 0.25) is 0 Å². The van der Waals surface area contributed by atoms with Crippen LogP contribution in [0.25, 0.3) is 11.0 Å². The highest BCUT2D eigenvalue weighted by molar-refractivity contribution is 5.73. The summed E-state index contributed by atoms with van der Waals surface area (Å²) in [5.74, 6) is 0.674. The molecule has 0 fully saturated rings. The molecule has 0 N–H and O–H groups in total. The standard InChI is InChI=1S/C14H19N3/c1-11(2)9-17(3)10-12-8-15-13-6-4-5-7-14(13)16-12/h4-8,11H,9-10H2,1-3H3. The van der Waals surface area contributed by atoms with E-state index in [0.717, 1.165) is 29.8 Å². The highest BCUT2D eigenvalue weighted by Crippen LogP contribution is 2.10. The summed E-state index contributed by atoms with van der Waals surface area (Å²) in [5.41, 5.74) is 2.97. The summed E-state index contributed by atoms with van der Waals surface area (Å²) < 4.78 is 0. The van der Waals surface area contributed by atoms with Crippen molar-refractivity contribution in [3.8, 4) is 0 Å². The van der Waals surface area contributed by atoms with E-state index in [-0.39, 0.29) is 0 Å². The molecule has 0 saturated heterocycles. The van der Waals surface area contributed by atoms with E-state index in [4.69, 9.17) is 0 Å². The molecule has 1 heterocycles. The maximum Gasteiger partial charge on any atom is 0.0890 e. The van der Waals surface area contributed by atoms with Gasteiger partial charge in [0.1, 0.15) is 0 Å². The summed E-state index contributed by atoms with van der Waals surface area (Å²) in [4.78, 5) is 11.3. The van der Waals surface area contributed by atoms with E-state index < -0.39 is 0 Å². The number of aromatic nitrogens is 2. The van der Waals surface area contributed by atoms with Crippen molar-refractivity contribution in [3.63, 3.8) is 0 Å². The Morgan fingerprint density at radius 3 is 2.59 bits per heavy atom. The predicted octanol–water partition coefficient (Wildman–Crippen LogP) is 2.72. The van der Waals surface area contributed by atoms with E-state index in [1.165, 1.54) is 0 Å². The van der Waals surface area contributed by atoms with E-state index in [0.29, 0.717) is 5.92 Å². The monoisotopic (exact) mass is 229 g/mol. The molecule has 90 valence electrons. The van der Waals surface area contributed by atoms with E-state index >= 15 is 0 Å². The molecule has 1 aromatic heterocycles. The number of rotatable bonds is 4. The number of para-hydroxylation sites is 2. The van der Waals surface area contributed by atoms with E-state index in [9.17, 15) is 0 Å². The van der Waals surface area contributed by atoms with Crippen LogP contribution in [0, 0.1) is 5.92 Å². The molecule has 17 heavy (non-hydrogen) atoms. The Kier molecular flexibility index (Phi) is 3.69. The van der Waals surface area contributed by atoms with Crippen molar-refractivity contribution in [1.82, 2.24) is 14.9 Å². The molecule has 0 aliphatic heterocycles. The maximum atomic E-state index is 4.62. The highest BCUT2D eigenvalue weighted by atomic mass is 15.1. The second-order valence-electron chi connectivity index (χ2n) is 4.94. The zero-order valence-electron chi connectivity index (χ0n) is 10.7. The van der Waals surface area contributed by atoms with Crippen LogP contribution in [0.3, 0.4) is 0 Å². The van der Waals surface area contributed by atoms with Crippen LogP contribution in [0.1, 0.15) is 19.5 Å². The van der Waals surface area contributed by atoms with Crippen LogP contribution in [0.4, 0.5) is 0 Å². The summed E-state index contributed by atoms with van der Waals surface area (Å²) in [5, 5.41) is 0.